The molecular formula is C12H14BrClN2O3. The summed E-state index contributed by atoms with van der Waals surface area (Å²) >= 11 is 9.19. The fourth-order valence-corrected chi connectivity index (χ4v) is 2.04. The van der Waals surface area contributed by atoms with Crippen molar-refractivity contribution in [1.82, 2.24) is 4.98 Å². The number of hydrogen-bond acceptors (Lipinski definition) is 4. The molecule has 0 saturated carbocycles. The average molecular weight is 350 g/mol. The van der Waals surface area contributed by atoms with Gasteiger partial charge in [-0.05, 0) is 42.8 Å². The molecule has 1 amide bonds. The number of rotatable bonds is 0. The number of halogens is 2. The molecule has 0 saturated heterocycles. The van der Waals surface area contributed by atoms with Gasteiger partial charge in [0.1, 0.15) is 23.0 Å². The third kappa shape index (κ3) is 3.30. The van der Waals surface area contributed by atoms with Crippen molar-refractivity contribution in [3.63, 3.8) is 0 Å². The summed E-state index contributed by atoms with van der Waals surface area (Å²) in [5, 5.41) is 0.296. The van der Waals surface area contributed by atoms with E-state index in [1.165, 1.54) is 4.90 Å². The molecule has 1 aromatic rings. The predicted molar refractivity (Wildman–Crippen MR) is 76.0 cm³/mol. The number of pyridine rings is 1. The number of anilines is 1. The Bertz CT molecular complexity index is 516. The molecule has 0 unspecified atom stereocenters. The smallest absolute Gasteiger partial charge is 0.415 e. The molecule has 19 heavy (non-hydrogen) atoms. The number of ether oxygens (including phenoxy) is 2. The Morgan fingerprint density at radius 3 is 2.89 bits per heavy atom. The molecule has 1 aliphatic rings. The number of amides is 1. The zero-order valence-corrected chi connectivity index (χ0v) is 13.2. The van der Waals surface area contributed by atoms with Crippen molar-refractivity contribution in [2.24, 2.45) is 0 Å². The number of aromatic nitrogens is 1. The standard InChI is InChI=1S/C12H14BrClN2O3/c1-12(2,3)19-11(17)16-4-5-18-10-8(16)6-7(13)9(14)15-10/h6H,4-5H2,1-3H3. The highest BCUT2D eigenvalue weighted by Crippen LogP contribution is 2.36. The second-order valence-corrected chi connectivity index (χ2v) is 6.28. The minimum Gasteiger partial charge on any atom is -0.474 e. The molecular weight excluding hydrogens is 336 g/mol. The summed E-state index contributed by atoms with van der Waals surface area (Å²) in [5.41, 5.74) is 0.00360. The quantitative estimate of drug-likeness (QED) is 0.671. The van der Waals surface area contributed by atoms with Crippen LogP contribution in [-0.4, -0.2) is 29.8 Å². The van der Waals surface area contributed by atoms with Crippen LogP contribution in [0.5, 0.6) is 5.88 Å². The highest BCUT2D eigenvalue weighted by molar-refractivity contribution is 9.10. The topological polar surface area (TPSA) is 51.7 Å². The Kier molecular flexibility index (Phi) is 3.92. The molecule has 7 heteroatoms. The Morgan fingerprint density at radius 1 is 1.58 bits per heavy atom. The minimum absolute atomic E-state index is 0.296. The molecule has 0 radical (unpaired) electrons. The first-order chi connectivity index (χ1) is 8.78. The fraction of sp³-hybridized carbons (Fsp3) is 0.500. The predicted octanol–water partition coefficient (Wildman–Crippen LogP) is 3.63. The van der Waals surface area contributed by atoms with Crippen molar-refractivity contribution >= 4 is 39.3 Å². The summed E-state index contributed by atoms with van der Waals surface area (Å²) in [7, 11) is 0. The maximum absolute atomic E-state index is 12.1. The van der Waals surface area contributed by atoms with Gasteiger partial charge in [-0.1, -0.05) is 11.6 Å². The minimum atomic E-state index is -0.549. The van der Waals surface area contributed by atoms with Crippen LogP contribution in [0.1, 0.15) is 20.8 Å². The van der Waals surface area contributed by atoms with E-state index in [0.717, 1.165) is 0 Å². The molecule has 0 aromatic carbocycles. The summed E-state index contributed by atoms with van der Waals surface area (Å²) in [6.07, 6.45) is -0.423. The summed E-state index contributed by atoms with van der Waals surface area (Å²) in [6, 6.07) is 1.70. The van der Waals surface area contributed by atoms with E-state index >= 15 is 0 Å². The van der Waals surface area contributed by atoms with E-state index in [2.05, 4.69) is 20.9 Å². The van der Waals surface area contributed by atoms with E-state index in [1.807, 2.05) is 20.8 Å². The number of carbonyl (C=O) groups is 1. The lowest BCUT2D eigenvalue weighted by molar-refractivity contribution is 0.0566. The number of fused-ring (bicyclic) bond motifs is 1. The zero-order chi connectivity index (χ0) is 14.2. The molecule has 0 aliphatic carbocycles. The van der Waals surface area contributed by atoms with Crippen molar-refractivity contribution in [3.8, 4) is 5.88 Å². The Balaban J connectivity index is 2.32. The van der Waals surface area contributed by atoms with Crippen molar-refractivity contribution < 1.29 is 14.3 Å². The van der Waals surface area contributed by atoms with Gasteiger partial charge in [0.05, 0.1) is 11.0 Å². The highest BCUT2D eigenvalue weighted by atomic mass is 79.9. The second-order valence-electron chi connectivity index (χ2n) is 5.07. The van der Waals surface area contributed by atoms with Crippen molar-refractivity contribution in [3.05, 3.63) is 15.7 Å². The van der Waals surface area contributed by atoms with Gasteiger partial charge in [-0.15, -0.1) is 0 Å². The molecule has 2 heterocycles. The van der Waals surface area contributed by atoms with Gasteiger partial charge in [-0.3, -0.25) is 4.90 Å². The molecule has 1 aromatic heterocycles. The normalized spacial score (nSPS) is 14.7. The molecule has 0 fully saturated rings. The van der Waals surface area contributed by atoms with E-state index in [0.29, 0.717) is 34.3 Å². The Hall–Kier alpha value is -1.01. The average Bonchev–Trinajstić information content (AvgIpc) is 2.27. The molecule has 0 bridgehead atoms. The lowest BCUT2D eigenvalue weighted by Crippen LogP contribution is -2.41. The summed E-state index contributed by atoms with van der Waals surface area (Å²) in [5.74, 6) is 0.338. The summed E-state index contributed by atoms with van der Waals surface area (Å²) < 4.78 is 11.4. The lowest BCUT2D eigenvalue weighted by Gasteiger charge is -2.31. The zero-order valence-electron chi connectivity index (χ0n) is 10.9. The van der Waals surface area contributed by atoms with Crippen LogP contribution >= 0.6 is 27.5 Å². The fourth-order valence-electron chi connectivity index (χ4n) is 1.60. The van der Waals surface area contributed by atoms with Gasteiger partial charge in [0.2, 0.25) is 5.88 Å². The van der Waals surface area contributed by atoms with Gasteiger partial charge < -0.3 is 9.47 Å². The van der Waals surface area contributed by atoms with Crippen LogP contribution in [0.15, 0.2) is 10.5 Å². The molecule has 0 atom stereocenters. The molecule has 104 valence electrons. The van der Waals surface area contributed by atoms with Crippen LogP contribution in [0.2, 0.25) is 5.15 Å². The van der Waals surface area contributed by atoms with Gasteiger partial charge in [0.25, 0.3) is 0 Å². The van der Waals surface area contributed by atoms with Crippen LogP contribution in [0.4, 0.5) is 10.5 Å². The highest BCUT2D eigenvalue weighted by Gasteiger charge is 2.29. The largest absolute Gasteiger partial charge is 0.474 e. The molecule has 0 spiro atoms. The first-order valence-corrected chi connectivity index (χ1v) is 6.94. The van der Waals surface area contributed by atoms with Crippen LogP contribution < -0.4 is 9.64 Å². The van der Waals surface area contributed by atoms with E-state index in [9.17, 15) is 4.79 Å². The maximum Gasteiger partial charge on any atom is 0.415 e. The Labute approximate surface area is 125 Å². The van der Waals surface area contributed by atoms with Crippen molar-refractivity contribution in [1.29, 1.82) is 0 Å². The maximum atomic E-state index is 12.1. The molecule has 1 aliphatic heterocycles. The molecule has 2 rings (SSSR count). The van der Waals surface area contributed by atoms with Gasteiger partial charge in [-0.2, -0.15) is 4.98 Å². The summed E-state index contributed by atoms with van der Waals surface area (Å²) in [6.45, 7) is 6.24. The number of hydrogen-bond donors (Lipinski definition) is 0. The second kappa shape index (κ2) is 5.17. The van der Waals surface area contributed by atoms with Crippen LogP contribution in [0.25, 0.3) is 0 Å². The lowest BCUT2D eigenvalue weighted by atomic mass is 10.2. The van der Waals surface area contributed by atoms with E-state index < -0.39 is 11.7 Å². The van der Waals surface area contributed by atoms with Crippen molar-refractivity contribution in [2.75, 3.05) is 18.1 Å². The first kappa shape index (κ1) is 14.4. The summed E-state index contributed by atoms with van der Waals surface area (Å²) in [4.78, 5) is 17.7. The van der Waals surface area contributed by atoms with Crippen LogP contribution in [0.3, 0.4) is 0 Å². The van der Waals surface area contributed by atoms with Gasteiger partial charge in [0, 0.05) is 0 Å². The third-order valence-electron chi connectivity index (χ3n) is 2.34. The van der Waals surface area contributed by atoms with Crippen molar-refractivity contribution in [2.45, 2.75) is 26.4 Å². The number of carbonyl (C=O) groups excluding carboxylic acids is 1. The Morgan fingerprint density at radius 2 is 2.26 bits per heavy atom. The van der Waals surface area contributed by atoms with E-state index in [1.54, 1.807) is 6.07 Å². The van der Waals surface area contributed by atoms with Gasteiger partial charge in [0.15, 0.2) is 0 Å². The SMILES string of the molecule is CC(C)(C)OC(=O)N1CCOc2nc(Cl)c(Br)cc21. The first-order valence-electron chi connectivity index (χ1n) is 5.77. The van der Waals surface area contributed by atoms with Gasteiger partial charge in [-0.25, -0.2) is 4.79 Å². The monoisotopic (exact) mass is 348 g/mol. The third-order valence-corrected chi connectivity index (χ3v) is 3.46. The number of nitrogens with zero attached hydrogens (tertiary/aromatic N) is 2. The molecule has 0 N–H and O–H groups in total. The molecule has 5 nitrogen and oxygen atoms in total. The van der Waals surface area contributed by atoms with E-state index in [4.69, 9.17) is 21.1 Å². The van der Waals surface area contributed by atoms with Crippen LogP contribution in [-0.2, 0) is 4.74 Å². The van der Waals surface area contributed by atoms with Crippen LogP contribution in [0, 0.1) is 0 Å². The van der Waals surface area contributed by atoms with Gasteiger partial charge >= 0.3 is 6.09 Å². The van der Waals surface area contributed by atoms with E-state index in [-0.39, 0.29) is 0 Å².